The van der Waals surface area contributed by atoms with E-state index >= 15 is 0 Å². The van der Waals surface area contributed by atoms with Gasteiger partial charge in [-0.2, -0.15) is 5.10 Å². The summed E-state index contributed by atoms with van der Waals surface area (Å²) in [6, 6.07) is 12.8. The molecule has 106 valence electrons. The second-order valence-corrected chi connectivity index (χ2v) is 4.51. The number of pyridine rings is 1. The number of rotatable bonds is 4. The number of nitrogens with one attached hydrogen (secondary N) is 1. The number of amides is 1. The minimum absolute atomic E-state index is 0.241. The summed E-state index contributed by atoms with van der Waals surface area (Å²) in [5, 5.41) is 6.83. The maximum Gasteiger partial charge on any atom is 0.265 e. The average molecular weight is 282 g/mol. The number of aromatic nitrogens is 3. The fourth-order valence-corrected chi connectivity index (χ4v) is 1.94. The van der Waals surface area contributed by atoms with Crippen molar-refractivity contribution in [3.63, 3.8) is 0 Å². The van der Waals surface area contributed by atoms with Gasteiger partial charge in [0, 0.05) is 6.20 Å². The molecule has 1 amide bonds. The topological polar surface area (TPSA) is 68.5 Å². The minimum atomic E-state index is -0.615. The summed E-state index contributed by atoms with van der Waals surface area (Å²) in [6.45, 7) is 1.70. The van der Waals surface area contributed by atoms with Gasteiger partial charge in [0.15, 0.2) is 11.8 Å². The van der Waals surface area contributed by atoms with Crippen molar-refractivity contribution in [2.45, 2.75) is 13.0 Å². The highest BCUT2D eigenvalue weighted by molar-refractivity contribution is 5.96. The van der Waals surface area contributed by atoms with Crippen LogP contribution in [0, 0.1) is 0 Å². The Morgan fingerprint density at radius 2 is 2.05 bits per heavy atom. The molecular weight excluding hydrogens is 268 g/mol. The quantitative estimate of drug-likeness (QED) is 0.796. The van der Waals surface area contributed by atoms with E-state index in [0.29, 0.717) is 17.1 Å². The van der Waals surface area contributed by atoms with Gasteiger partial charge in [0.05, 0.1) is 5.69 Å². The van der Waals surface area contributed by atoms with Crippen LogP contribution >= 0.6 is 0 Å². The van der Waals surface area contributed by atoms with Crippen molar-refractivity contribution >= 4 is 17.2 Å². The summed E-state index contributed by atoms with van der Waals surface area (Å²) in [7, 11) is 0. The molecule has 6 nitrogen and oxygen atoms in total. The third-order valence-electron chi connectivity index (χ3n) is 2.99. The number of ether oxygens (including phenoxy) is 1. The number of anilines is 1. The lowest BCUT2D eigenvalue weighted by Gasteiger charge is -2.14. The normalized spacial score (nSPS) is 12.0. The number of para-hydroxylation sites is 1. The fraction of sp³-hybridized carbons (Fsp3) is 0.133. The van der Waals surface area contributed by atoms with Gasteiger partial charge in [-0.15, -0.1) is 0 Å². The maximum atomic E-state index is 12.2. The van der Waals surface area contributed by atoms with Gasteiger partial charge in [-0.1, -0.05) is 18.2 Å². The second kappa shape index (κ2) is 5.62. The lowest BCUT2D eigenvalue weighted by atomic mass is 10.3. The predicted molar refractivity (Wildman–Crippen MR) is 78.1 cm³/mol. The van der Waals surface area contributed by atoms with Gasteiger partial charge in [-0.3, -0.25) is 4.79 Å². The molecule has 3 aromatic rings. The van der Waals surface area contributed by atoms with Crippen molar-refractivity contribution < 1.29 is 9.53 Å². The van der Waals surface area contributed by atoms with Crippen LogP contribution in [0.15, 0.2) is 55.0 Å². The molecule has 21 heavy (non-hydrogen) atoms. The van der Waals surface area contributed by atoms with Crippen molar-refractivity contribution in [3.05, 3.63) is 55.0 Å². The van der Waals surface area contributed by atoms with E-state index in [1.54, 1.807) is 29.8 Å². The summed E-state index contributed by atoms with van der Waals surface area (Å²) in [5.41, 5.74) is 1.20. The SMILES string of the molecule is C[C@@H](Oc1ccccc1)C(=O)Nc1cccn2ncnc12. The zero-order valence-electron chi connectivity index (χ0n) is 11.4. The smallest absolute Gasteiger partial charge is 0.265 e. The summed E-state index contributed by atoms with van der Waals surface area (Å²) in [5.74, 6) is 0.413. The Labute approximate surface area is 121 Å². The van der Waals surface area contributed by atoms with Crippen LogP contribution in [-0.2, 0) is 4.79 Å². The molecule has 0 saturated carbocycles. The predicted octanol–water partition coefficient (Wildman–Crippen LogP) is 2.14. The molecule has 2 heterocycles. The van der Waals surface area contributed by atoms with Crippen molar-refractivity contribution in [3.8, 4) is 5.75 Å². The molecule has 0 fully saturated rings. The van der Waals surface area contributed by atoms with Crippen LogP contribution in [0.3, 0.4) is 0 Å². The van der Waals surface area contributed by atoms with Gasteiger partial charge in [-0.05, 0) is 31.2 Å². The van der Waals surface area contributed by atoms with E-state index in [0.717, 1.165) is 0 Å². The summed E-state index contributed by atoms with van der Waals surface area (Å²) >= 11 is 0. The first-order chi connectivity index (χ1) is 10.2. The number of benzene rings is 1. The minimum Gasteiger partial charge on any atom is -0.481 e. The van der Waals surface area contributed by atoms with E-state index in [9.17, 15) is 4.79 Å². The van der Waals surface area contributed by atoms with Crippen LogP contribution in [0.2, 0.25) is 0 Å². The van der Waals surface area contributed by atoms with Crippen LogP contribution in [0.25, 0.3) is 5.65 Å². The van der Waals surface area contributed by atoms with Crippen LogP contribution in [0.4, 0.5) is 5.69 Å². The van der Waals surface area contributed by atoms with Gasteiger partial charge in [0.25, 0.3) is 5.91 Å². The molecule has 6 heteroatoms. The van der Waals surface area contributed by atoms with Crippen LogP contribution < -0.4 is 10.1 Å². The van der Waals surface area contributed by atoms with Crippen molar-refractivity contribution in [2.24, 2.45) is 0 Å². The standard InChI is InChI=1S/C15H14N4O2/c1-11(21-12-6-3-2-4-7-12)15(20)18-13-8-5-9-19-14(13)16-10-17-19/h2-11H,1H3,(H,18,20)/t11-/m1/s1. The number of carbonyl (C=O) groups is 1. The van der Waals surface area contributed by atoms with E-state index in [1.807, 2.05) is 30.3 Å². The first-order valence-electron chi connectivity index (χ1n) is 6.55. The molecule has 0 saturated heterocycles. The average Bonchev–Trinajstić information content (AvgIpc) is 2.98. The molecular formula is C15H14N4O2. The summed E-state index contributed by atoms with van der Waals surface area (Å²) < 4.78 is 7.18. The van der Waals surface area contributed by atoms with Crippen LogP contribution in [0.5, 0.6) is 5.75 Å². The largest absolute Gasteiger partial charge is 0.481 e. The summed E-state index contributed by atoms with van der Waals surface area (Å²) in [4.78, 5) is 16.3. The van der Waals surface area contributed by atoms with Gasteiger partial charge < -0.3 is 10.1 Å². The van der Waals surface area contributed by atoms with E-state index in [-0.39, 0.29) is 5.91 Å². The zero-order chi connectivity index (χ0) is 14.7. The number of fused-ring (bicyclic) bond motifs is 1. The highest BCUT2D eigenvalue weighted by Crippen LogP contribution is 2.15. The lowest BCUT2D eigenvalue weighted by Crippen LogP contribution is -2.30. The molecule has 1 N–H and O–H groups in total. The van der Waals surface area contributed by atoms with Gasteiger partial charge in [0.2, 0.25) is 0 Å². The summed E-state index contributed by atoms with van der Waals surface area (Å²) in [6.07, 6.45) is 2.59. The molecule has 0 spiro atoms. The van der Waals surface area contributed by atoms with Gasteiger partial charge in [0.1, 0.15) is 12.1 Å². The maximum absolute atomic E-state index is 12.2. The number of carbonyl (C=O) groups excluding carboxylic acids is 1. The Hall–Kier alpha value is -2.89. The van der Waals surface area contributed by atoms with Crippen LogP contribution in [-0.4, -0.2) is 26.6 Å². The Morgan fingerprint density at radius 1 is 1.24 bits per heavy atom. The first kappa shape index (κ1) is 13.1. The highest BCUT2D eigenvalue weighted by Gasteiger charge is 2.16. The molecule has 3 rings (SSSR count). The third kappa shape index (κ3) is 2.84. The van der Waals surface area contributed by atoms with Gasteiger partial charge in [-0.25, -0.2) is 9.50 Å². The monoisotopic (exact) mass is 282 g/mol. The molecule has 0 unspecified atom stereocenters. The first-order valence-corrected chi connectivity index (χ1v) is 6.55. The van der Waals surface area contributed by atoms with E-state index in [2.05, 4.69) is 15.4 Å². The highest BCUT2D eigenvalue weighted by atomic mass is 16.5. The zero-order valence-corrected chi connectivity index (χ0v) is 11.4. The van der Waals surface area contributed by atoms with E-state index in [4.69, 9.17) is 4.74 Å². The number of nitrogens with zero attached hydrogens (tertiary/aromatic N) is 3. The Bertz CT molecular complexity index is 754. The molecule has 1 atom stereocenters. The molecule has 0 aliphatic heterocycles. The molecule has 2 aromatic heterocycles. The molecule has 0 bridgehead atoms. The van der Waals surface area contributed by atoms with E-state index < -0.39 is 6.10 Å². The van der Waals surface area contributed by atoms with Crippen LogP contribution in [0.1, 0.15) is 6.92 Å². The van der Waals surface area contributed by atoms with Crippen molar-refractivity contribution in [2.75, 3.05) is 5.32 Å². The van der Waals surface area contributed by atoms with Crippen molar-refractivity contribution in [1.29, 1.82) is 0 Å². The molecule has 1 aromatic carbocycles. The molecule has 0 aliphatic carbocycles. The Balaban J connectivity index is 1.72. The number of hydrogen-bond donors (Lipinski definition) is 1. The fourth-order valence-electron chi connectivity index (χ4n) is 1.94. The Morgan fingerprint density at radius 3 is 2.86 bits per heavy atom. The van der Waals surface area contributed by atoms with Gasteiger partial charge >= 0.3 is 0 Å². The second-order valence-electron chi connectivity index (χ2n) is 4.51. The lowest BCUT2D eigenvalue weighted by molar-refractivity contribution is -0.122. The Kier molecular flexibility index (Phi) is 3.51. The number of hydrogen-bond acceptors (Lipinski definition) is 4. The molecule has 0 radical (unpaired) electrons. The molecule has 0 aliphatic rings. The third-order valence-corrected chi connectivity index (χ3v) is 2.99. The van der Waals surface area contributed by atoms with Crippen molar-refractivity contribution in [1.82, 2.24) is 14.6 Å². The van der Waals surface area contributed by atoms with E-state index in [1.165, 1.54) is 6.33 Å².